The van der Waals surface area contributed by atoms with Crippen molar-refractivity contribution in [2.45, 2.75) is 24.2 Å². The van der Waals surface area contributed by atoms with Crippen LogP contribution in [-0.2, 0) is 0 Å². The normalized spacial score (nSPS) is 19.8. The molecule has 1 heterocycles. The van der Waals surface area contributed by atoms with Crippen LogP contribution in [0.2, 0.25) is 0 Å². The summed E-state index contributed by atoms with van der Waals surface area (Å²) in [6.07, 6.45) is 2.29. The molecule has 1 aliphatic rings. The minimum absolute atomic E-state index is 0.102. The summed E-state index contributed by atoms with van der Waals surface area (Å²) in [5, 5.41) is 10.7. The van der Waals surface area contributed by atoms with Crippen molar-refractivity contribution in [3.05, 3.63) is 28.3 Å². The summed E-state index contributed by atoms with van der Waals surface area (Å²) >= 11 is 0. The first-order valence-corrected chi connectivity index (χ1v) is 8.10. The number of nitrogens with zero attached hydrogens (tertiary/aromatic N) is 2. The Labute approximate surface area is 117 Å². The number of halogens is 5. The molecule has 0 unspecified atom stereocenters. The Balaban J connectivity index is 2.57. The Bertz CT molecular complexity index is 584. The molecule has 0 radical (unpaired) electrons. The van der Waals surface area contributed by atoms with Crippen LogP contribution in [0.1, 0.15) is 19.3 Å². The zero-order valence-electron chi connectivity index (χ0n) is 10.8. The Kier molecular flexibility index (Phi) is 3.17. The van der Waals surface area contributed by atoms with Gasteiger partial charge >= 0.3 is 10.2 Å². The summed E-state index contributed by atoms with van der Waals surface area (Å²) in [5.41, 5.74) is -1.17. The van der Waals surface area contributed by atoms with Crippen molar-refractivity contribution in [2.24, 2.45) is 0 Å². The largest absolute Gasteiger partial charge is 0.371 e. The molecule has 10 heteroatoms. The van der Waals surface area contributed by atoms with Crippen molar-refractivity contribution in [2.75, 3.05) is 18.0 Å². The fourth-order valence-electron chi connectivity index (χ4n) is 2.23. The van der Waals surface area contributed by atoms with Crippen molar-refractivity contribution in [1.82, 2.24) is 0 Å². The maximum Gasteiger partial charge on any atom is 0.310 e. The topological polar surface area (TPSA) is 46.4 Å². The fraction of sp³-hybridized carbons (Fsp3) is 0.455. The van der Waals surface area contributed by atoms with Gasteiger partial charge in [-0.1, -0.05) is 19.4 Å². The maximum absolute atomic E-state index is 12.9. The van der Waals surface area contributed by atoms with Crippen LogP contribution in [0.25, 0.3) is 0 Å². The second kappa shape index (κ2) is 4.21. The zero-order chi connectivity index (χ0) is 16.0. The average Bonchev–Trinajstić information content (AvgIpc) is 2.36. The first kappa shape index (κ1) is 15.8. The number of hydrogen-bond acceptors (Lipinski definition) is 3. The van der Waals surface area contributed by atoms with Crippen LogP contribution in [0.15, 0.2) is 23.1 Å². The van der Waals surface area contributed by atoms with Gasteiger partial charge in [0.1, 0.15) is 4.90 Å². The number of piperidine rings is 1. The monoisotopic (exact) mass is 332 g/mol. The highest BCUT2D eigenvalue weighted by atomic mass is 32.5. The SMILES string of the molecule is O=[N+]([O-])c1cc(N2CCCCC2)cc(S(F)(F)(F)(F)F)c1. The molecule has 1 aromatic rings. The van der Waals surface area contributed by atoms with Gasteiger partial charge in [-0.15, -0.1) is 0 Å². The first-order chi connectivity index (χ1) is 9.36. The maximum atomic E-state index is 12.9. The molecule has 0 amide bonds. The lowest BCUT2D eigenvalue weighted by atomic mass is 10.1. The van der Waals surface area contributed by atoms with E-state index in [1.165, 1.54) is 4.90 Å². The predicted molar refractivity (Wildman–Crippen MR) is 70.6 cm³/mol. The van der Waals surface area contributed by atoms with Crippen LogP contribution >= 0.6 is 10.2 Å². The summed E-state index contributed by atoms with van der Waals surface area (Å²) < 4.78 is 64.5. The van der Waals surface area contributed by atoms with E-state index in [1.807, 2.05) is 0 Å². The van der Waals surface area contributed by atoms with Gasteiger partial charge in [-0.05, 0) is 25.3 Å². The highest BCUT2D eigenvalue weighted by Crippen LogP contribution is 3.02. The highest BCUT2D eigenvalue weighted by molar-refractivity contribution is 8.45. The summed E-state index contributed by atoms with van der Waals surface area (Å²) in [6.45, 7) is 0.780. The van der Waals surface area contributed by atoms with E-state index < -0.39 is 25.7 Å². The number of nitro benzene ring substituents is 1. The minimum Gasteiger partial charge on any atom is -0.371 e. The van der Waals surface area contributed by atoms with Crippen LogP contribution in [-0.4, -0.2) is 18.0 Å². The van der Waals surface area contributed by atoms with Crippen molar-refractivity contribution < 1.29 is 24.4 Å². The van der Waals surface area contributed by atoms with Crippen molar-refractivity contribution in [3.63, 3.8) is 0 Å². The van der Waals surface area contributed by atoms with Gasteiger partial charge in [-0.2, -0.15) is 0 Å². The summed E-state index contributed by atoms with van der Waals surface area (Å²) in [4.78, 5) is 8.86. The van der Waals surface area contributed by atoms with E-state index in [-0.39, 0.29) is 11.8 Å². The Morgan fingerprint density at radius 2 is 1.57 bits per heavy atom. The Morgan fingerprint density at radius 1 is 1.00 bits per heavy atom. The molecule has 1 aliphatic heterocycles. The van der Waals surface area contributed by atoms with Crippen molar-refractivity contribution >= 4 is 21.6 Å². The van der Waals surface area contributed by atoms with Crippen LogP contribution in [0.3, 0.4) is 0 Å². The lowest BCUT2D eigenvalue weighted by Crippen LogP contribution is -2.29. The van der Waals surface area contributed by atoms with E-state index in [4.69, 9.17) is 0 Å². The summed E-state index contributed by atoms with van der Waals surface area (Å²) in [7, 11) is -9.95. The van der Waals surface area contributed by atoms with Gasteiger partial charge in [0, 0.05) is 30.9 Å². The van der Waals surface area contributed by atoms with E-state index in [0.717, 1.165) is 12.5 Å². The lowest BCUT2D eigenvalue weighted by Gasteiger charge is -2.41. The standard InChI is InChI=1S/C11H13F5N2O2S/c12-21(13,14,15,16)11-7-9(6-10(8-11)18(19)20)17-4-2-1-3-5-17/h6-8H,1-5H2. The molecule has 21 heavy (non-hydrogen) atoms. The molecule has 1 fully saturated rings. The molecule has 1 aromatic carbocycles. The van der Waals surface area contributed by atoms with E-state index in [1.54, 1.807) is 0 Å². The van der Waals surface area contributed by atoms with Crippen LogP contribution in [0.5, 0.6) is 0 Å². The van der Waals surface area contributed by atoms with E-state index in [0.29, 0.717) is 32.0 Å². The molecule has 0 saturated carbocycles. The molecular weight excluding hydrogens is 319 g/mol. The minimum atomic E-state index is -9.95. The second-order valence-corrected chi connectivity index (χ2v) is 7.37. The smallest absolute Gasteiger partial charge is 0.310 e. The molecule has 0 bridgehead atoms. The van der Waals surface area contributed by atoms with Gasteiger partial charge in [-0.25, -0.2) is 0 Å². The van der Waals surface area contributed by atoms with Gasteiger partial charge < -0.3 is 4.90 Å². The molecule has 0 atom stereocenters. The fourth-order valence-corrected chi connectivity index (χ4v) is 2.92. The molecule has 0 N–H and O–H groups in total. The van der Waals surface area contributed by atoms with Gasteiger partial charge in [-0.3, -0.25) is 10.1 Å². The highest BCUT2D eigenvalue weighted by Gasteiger charge is 2.66. The van der Waals surface area contributed by atoms with E-state index in [9.17, 15) is 29.5 Å². The lowest BCUT2D eigenvalue weighted by molar-refractivity contribution is -0.385. The van der Waals surface area contributed by atoms with Gasteiger partial charge in [0.2, 0.25) is 0 Å². The third-order valence-corrected chi connectivity index (χ3v) is 4.38. The number of rotatable bonds is 3. The molecule has 0 spiro atoms. The summed E-state index contributed by atoms with van der Waals surface area (Å²) in [6, 6.07) is 1.10. The van der Waals surface area contributed by atoms with Gasteiger partial charge in [0.25, 0.3) is 5.69 Å². The summed E-state index contributed by atoms with van der Waals surface area (Å²) in [5.74, 6) is 0. The van der Waals surface area contributed by atoms with Crippen molar-refractivity contribution in [3.8, 4) is 0 Å². The second-order valence-electron chi connectivity index (χ2n) is 4.96. The molecule has 1 saturated heterocycles. The average molecular weight is 332 g/mol. The van der Waals surface area contributed by atoms with Crippen LogP contribution in [0.4, 0.5) is 30.8 Å². The first-order valence-electron chi connectivity index (χ1n) is 6.15. The number of anilines is 1. The van der Waals surface area contributed by atoms with Crippen LogP contribution in [0, 0.1) is 10.1 Å². The third kappa shape index (κ3) is 3.74. The number of hydrogen-bond donors (Lipinski definition) is 0. The molecule has 4 nitrogen and oxygen atoms in total. The van der Waals surface area contributed by atoms with E-state index >= 15 is 0 Å². The Hall–Kier alpha value is -1.58. The predicted octanol–water partition coefficient (Wildman–Crippen LogP) is 5.24. The third-order valence-electron chi connectivity index (χ3n) is 3.25. The number of non-ortho nitro benzene ring substituents is 1. The molecule has 2 rings (SSSR count). The van der Waals surface area contributed by atoms with Crippen LogP contribution < -0.4 is 4.90 Å². The number of nitro groups is 1. The molecule has 0 aromatic heterocycles. The van der Waals surface area contributed by atoms with Gasteiger partial charge in [0.05, 0.1) is 4.92 Å². The molecule has 120 valence electrons. The molecule has 0 aliphatic carbocycles. The quantitative estimate of drug-likeness (QED) is 0.432. The molecular formula is C11H13F5N2O2S. The van der Waals surface area contributed by atoms with E-state index in [2.05, 4.69) is 0 Å². The Morgan fingerprint density at radius 3 is 2.05 bits per heavy atom. The number of benzene rings is 1. The van der Waals surface area contributed by atoms with Gasteiger partial charge in [0.15, 0.2) is 0 Å². The van der Waals surface area contributed by atoms with Crippen molar-refractivity contribution in [1.29, 1.82) is 0 Å². The zero-order valence-corrected chi connectivity index (χ0v) is 11.6.